The van der Waals surface area contributed by atoms with Crippen LogP contribution < -0.4 is 0 Å². The van der Waals surface area contributed by atoms with Crippen LogP contribution in [0.4, 0.5) is 0 Å². The fourth-order valence-corrected chi connectivity index (χ4v) is 18.7. The Hall–Kier alpha value is -11.0. The average Bonchev–Trinajstić information content (AvgIpc) is 1.63. The molecule has 2 unspecified atom stereocenters. The zero-order valence-corrected chi connectivity index (χ0v) is 51.1. The summed E-state index contributed by atoms with van der Waals surface area (Å²) in [5.41, 5.74) is 21.6. The molecule has 1 aliphatic carbocycles. The van der Waals surface area contributed by atoms with Gasteiger partial charge in [0.15, 0.2) is 5.82 Å². The highest BCUT2D eigenvalue weighted by Gasteiger charge is 2.45. The summed E-state index contributed by atoms with van der Waals surface area (Å²) in [4.78, 5) is 6.51. The van der Waals surface area contributed by atoms with Crippen LogP contribution in [0.1, 0.15) is 18.1 Å². The first-order valence-corrected chi connectivity index (χ1v) is 33.0. The molecule has 0 saturated heterocycles. The number of pyridine rings is 1. The SMILES string of the molecule is CC12C=CC=C(c3cccc(-c4cccc(-n5c6ccccc6c6cc(-n7c8ccccc8c8c(-c9cccc%10c9c9ccccc9n%10-c9ccc%10sc%11c(-n%12c%13ccccc%13c%13ccccc%13%12)nccc%11c%10c9)cccc87)ccc65)c4)c3)C1Sc1ccccc12. The molecule has 0 N–H and O–H groups in total. The molecule has 12 aromatic carbocycles. The lowest BCUT2D eigenvalue weighted by Crippen LogP contribution is -2.31. The number of thioether (sulfide) groups is 1. The molecule has 0 bridgehead atoms. The molecule has 0 spiro atoms. The maximum atomic E-state index is 5.13. The third kappa shape index (κ3) is 7.27. The fourth-order valence-electron chi connectivity index (χ4n) is 15.9. The van der Waals surface area contributed by atoms with E-state index in [1.54, 1.807) is 0 Å². The smallest absolute Gasteiger partial charge is 0.155 e. The van der Waals surface area contributed by atoms with Gasteiger partial charge in [-0.25, -0.2) is 4.98 Å². The Labute approximate surface area is 531 Å². The topological polar surface area (TPSA) is 32.6 Å². The van der Waals surface area contributed by atoms with Crippen molar-refractivity contribution in [3.63, 3.8) is 0 Å². The molecule has 2 aliphatic rings. The molecule has 2 atom stereocenters. The van der Waals surface area contributed by atoms with E-state index in [1.807, 2.05) is 29.3 Å². The lowest BCUT2D eigenvalue weighted by atomic mass is 9.73. The minimum absolute atomic E-state index is 0.0520. The highest BCUT2D eigenvalue weighted by atomic mass is 32.2. The molecule has 1 aliphatic heterocycles. The second kappa shape index (κ2) is 19.3. The monoisotopic (exact) mass is 1200 g/mol. The maximum absolute atomic E-state index is 5.13. The highest BCUT2D eigenvalue weighted by molar-refractivity contribution is 8.00. The summed E-state index contributed by atoms with van der Waals surface area (Å²) < 4.78 is 12.2. The third-order valence-electron chi connectivity index (χ3n) is 19.9. The molecule has 0 radical (unpaired) electrons. The number of rotatable bonds is 7. The van der Waals surface area contributed by atoms with Crippen LogP contribution in [0.25, 0.3) is 158 Å². The van der Waals surface area contributed by atoms with Gasteiger partial charge in [0.05, 0.1) is 48.8 Å². The van der Waals surface area contributed by atoms with Gasteiger partial charge in [-0.05, 0) is 148 Å². The molecule has 91 heavy (non-hydrogen) atoms. The van der Waals surface area contributed by atoms with Crippen molar-refractivity contribution in [2.75, 3.05) is 0 Å². The Bertz CT molecular complexity index is 6180. The fraction of sp³-hybridized carbons (Fsp3) is 0.0357. The number of thiophene rings is 1. The Morgan fingerprint density at radius 3 is 1.55 bits per heavy atom. The molecule has 20 rings (SSSR count). The van der Waals surface area contributed by atoms with Crippen LogP contribution in [0.2, 0.25) is 0 Å². The number of benzene rings is 12. The van der Waals surface area contributed by atoms with E-state index in [4.69, 9.17) is 4.98 Å². The summed E-state index contributed by atoms with van der Waals surface area (Å²) in [5.74, 6) is 0.965. The molecule has 6 aromatic heterocycles. The molecule has 426 valence electrons. The summed E-state index contributed by atoms with van der Waals surface area (Å²) in [6.07, 6.45) is 8.99. The van der Waals surface area contributed by atoms with Crippen LogP contribution in [-0.2, 0) is 5.41 Å². The van der Waals surface area contributed by atoms with Crippen molar-refractivity contribution in [3.8, 4) is 45.1 Å². The van der Waals surface area contributed by atoms with Crippen molar-refractivity contribution in [1.82, 2.24) is 23.3 Å². The van der Waals surface area contributed by atoms with Crippen molar-refractivity contribution in [1.29, 1.82) is 0 Å². The van der Waals surface area contributed by atoms with Gasteiger partial charge in [0.25, 0.3) is 0 Å². The van der Waals surface area contributed by atoms with Crippen LogP contribution in [0, 0.1) is 0 Å². The highest BCUT2D eigenvalue weighted by Crippen LogP contribution is 2.56. The number of hydrogen-bond donors (Lipinski definition) is 0. The Morgan fingerprint density at radius 2 is 0.868 bits per heavy atom. The molecule has 0 amide bonds. The number of fused-ring (bicyclic) bond motifs is 18. The van der Waals surface area contributed by atoms with E-state index in [0.717, 1.165) is 33.9 Å². The van der Waals surface area contributed by atoms with E-state index in [2.05, 4.69) is 316 Å². The van der Waals surface area contributed by atoms with Gasteiger partial charge in [-0.1, -0.05) is 189 Å². The molecular formula is C84H53N5S2. The number of hydrogen-bond acceptors (Lipinski definition) is 3. The van der Waals surface area contributed by atoms with Crippen molar-refractivity contribution in [3.05, 3.63) is 309 Å². The van der Waals surface area contributed by atoms with Crippen LogP contribution in [0.3, 0.4) is 0 Å². The van der Waals surface area contributed by atoms with Gasteiger partial charge in [-0.3, -0.25) is 4.57 Å². The number of nitrogens with zero attached hydrogens (tertiary/aromatic N) is 5. The second-order valence-electron chi connectivity index (χ2n) is 24.7. The van der Waals surface area contributed by atoms with Crippen LogP contribution >= 0.6 is 23.1 Å². The Balaban J connectivity index is 0.701. The van der Waals surface area contributed by atoms with Crippen LogP contribution in [0.5, 0.6) is 0 Å². The largest absolute Gasteiger partial charge is 0.309 e. The van der Waals surface area contributed by atoms with Crippen LogP contribution in [0.15, 0.2) is 302 Å². The van der Waals surface area contributed by atoms with E-state index in [9.17, 15) is 0 Å². The number of allylic oxidation sites excluding steroid dienone is 3. The van der Waals surface area contributed by atoms with Gasteiger partial charge in [-0.15, -0.1) is 23.1 Å². The zero-order valence-electron chi connectivity index (χ0n) is 49.4. The van der Waals surface area contributed by atoms with Gasteiger partial charge in [0, 0.05) is 97.4 Å². The van der Waals surface area contributed by atoms with Gasteiger partial charge >= 0.3 is 0 Å². The first kappa shape index (κ1) is 51.0. The summed E-state index contributed by atoms with van der Waals surface area (Å²) in [5, 5.41) is 12.6. The molecule has 5 nitrogen and oxygen atoms in total. The number of para-hydroxylation sites is 5. The third-order valence-corrected chi connectivity index (χ3v) is 22.7. The van der Waals surface area contributed by atoms with Crippen molar-refractivity contribution >= 4 is 136 Å². The predicted molar refractivity (Wildman–Crippen MR) is 386 cm³/mol. The van der Waals surface area contributed by atoms with E-state index in [0.29, 0.717) is 5.25 Å². The molecule has 7 heterocycles. The quantitative estimate of drug-likeness (QED) is 0.159. The standard InChI is InChI=1S/C84H53N5S2/c1-84-45-18-30-57(82(84)91-78-39-13-7-31-68(78)84)53-21-14-19-51(47-53)52-20-15-22-54(48-52)86-69-32-8-4-25-60(69)66-49-55(40-42-74(66)86)87-72-35-11-5-26-64(72)79-61(28-16-37-75(79)87)62-29-17-38-76-80(62)65-27-6-12-36-73(65)88(76)56-41-43-77-67(50-56)63-44-46-85-83(81(63)90-77)89-70-33-9-2-23-58(70)59-24-3-10-34-71(59)89/h2-50,82H,1H3. The first-order chi connectivity index (χ1) is 45.0. The Kier molecular flexibility index (Phi) is 10.8. The van der Waals surface area contributed by atoms with E-state index in [1.165, 1.54) is 140 Å². The van der Waals surface area contributed by atoms with E-state index < -0.39 is 0 Å². The van der Waals surface area contributed by atoms with Crippen molar-refractivity contribution in [2.24, 2.45) is 0 Å². The summed E-state index contributed by atoms with van der Waals surface area (Å²) >= 11 is 3.83. The Morgan fingerprint density at radius 1 is 0.374 bits per heavy atom. The van der Waals surface area contributed by atoms with Crippen molar-refractivity contribution in [2.45, 2.75) is 22.5 Å². The lowest BCUT2D eigenvalue weighted by molar-refractivity contribution is 0.628. The molecular weight excluding hydrogens is 1140 g/mol. The average molecular weight is 1200 g/mol. The lowest BCUT2D eigenvalue weighted by Gasteiger charge is -2.33. The van der Waals surface area contributed by atoms with E-state index >= 15 is 0 Å². The number of aromatic nitrogens is 5. The van der Waals surface area contributed by atoms with Gasteiger partial charge in [-0.2, -0.15) is 0 Å². The maximum Gasteiger partial charge on any atom is 0.155 e. The van der Waals surface area contributed by atoms with Crippen molar-refractivity contribution < 1.29 is 0 Å². The van der Waals surface area contributed by atoms with Crippen LogP contribution in [-0.4, -0.2) is 28.5 Å². The predicted octanol–water partition coefficient (Wildman–Crippen LogP) is 22.6. The molecule has 7 heteroatoms. The summed E-state index contributed by atoms with van der Waals surface area (Å²) in [6.45, 7) is 2.40. The van der Waals surface area contributed by atoms with E-state index in [-0.39, 0.29) is 5.41 Å². The van der Waals surface area contributed by atoms with Gasteiger partial charge in [0.1, 0.15) is 0 Å². The van der Waals surface area contributed by atoms with Gasteiger partial charge < -0.3 is 13.7 Å². The molecule has 18 aromatic rings. The summed E-state index contributed by atoms with van der Waals surface area (Å²) in [7, 11) is 0. The minimum atomic E-state index is -0.0520. The summed E-state index contributed by atoms with van der Waals surface area (Å²) in [6, 6.07) is 102. The molecule has 0 saturated carbocycles. The zero-order chi connectivity index (χ0) is 59.6. The normalized spacial score (nSPS) is 15.7. The minimum Gasteiger partial charge on any atom is -0.309 e. The van der Waals surface area contributed by atoms with Gasteiger partial charge in [0.2, 0.25) is 0 Å². The molecule has 0 fully saturated rings. The first-order valence-electron chi connectivity index (χ1n) is 31.3. The second-order valence-corrected chi connectivity index (χ2v) is 26.9.